The Morgan fingerprint density at radius 2 is 1.74 bits per heavy atom. The number of carbonyl (C=O) groups excluding carboxylic acids is 1. The number of hydrogen-bond acceptors (Lipinski definition) is 3. The van der Waals surface area contributed by atoms with Crippen LogP contribution in [0.1, 0.15) is 105 Å². The van der Waals surface area contributed by atoms with Crippen molar-refractivity contribution in [3.05, 3.63) is 17.6 Å². The van der Waals surface area contributed by atoms with Gasteiger partial charge in [0, 0.05) is 12.0 Å². The zero-order valence-corrected chi connectivity index (χ0v) is 26.2. The van der Waals surface area contributed by atoms with Crippen molar-refractivity contribution in [2.75, 3.05) is 0 Å². The molecule has 0 aromatic carbocycles. The molecular weight excluding hydrogens is 475 g/mol. The molecule has 0 aromatic rings. The zero-order valence-electron chi connectivity index (χ0n) is 22.3. The molecule has 6 atom stereocenters. The summed E-state index contributed by atoms with van der Waals surface area (Å²) in [4.78, 5) is 13.4. The van der Waals surface area contributed by atoms with Crippen molar-refractivity contribution in [2.24, 2.45) is 40.4 Å². The summed E-state index contributed by atoms with van der Waals surface area (Å²) in [6.07, 6.45) is 16.4. The van der Waals surface area contributed by atoms with Gasteiger partial charge < -0.3 is 6.42 Å². The van der Waals surface area contributed by atoms with Crippen LogP contribution in [0.4, 0.5) is 0 Å². The molecule has 4 rings (SSSR count). The molecule has 190 valence electrons. The van der Waals surface area contributed by atoms with Gasteiger partial charge in [0.15, 0.2) is 5.78 Å². The molecule has 0 aromatic heterocycles. The van der Waals surface area contributed by atoms with Gasteiger partial charge in [0.25, 0.3) is 0 Å². The predicted octanol–water partition coefficient (Wildman–Crippen LogP) is 3.91. The molecule has 7 heteroatoms. The number of rotatable bonds is 5. The summed E-state index contributed by atoms with van der Waals surface area (Å²) in [6, 6.07) is 0. The maximum absolute atomic E-state index is 13.4. The first-order valence-corrected chi connectivity index (χ1v) is 14.4. The van der Waals surface area contributed by atoms with E-state index >= 15 is 0 Å². The molecule has 5 nitrogen and oxygen atoms in total. The molecule has 0 saturated heterocycles. The third-order valence-electron chi connectivity index (χ3n) is 9.72. The van der Waals surface area contributed by atoms with Gasteiger partial charge in [-0.15, -0.1) is 0 Å². The molecule has 0 amide bonds. The Balaban J connectivity index is 0.000000619. The van der Waals surface area contributed by atoms with Crippen molar-refractivity contribution in [3.63, 3.8) is 0 Å². The second-order valence-electron chi connectivity index (χ2n) is 12.2. The van der Waals surface area contributed by atoms with Gasteiger partial charge in [0.2, 0.25) is 0 Å². The SMILES string of the molecule is CC(C)CCC[C@@H](C)[C@H]1CC(=O)C2=C3CC[C@H]4C[CH-]CC[C@]4(C)[C@H]3CC[C@@]21C.O=S(=O)(O)O.[K+]. The van der Waals surface area contributed by atoms with E-state index in [2.05, 4.69) is 41.0 Å². The van der Waals surface area contributed by atoms with Gasteiger partial charge in [-0.3, -0.25) is 13.9 Å². The molecule has 0 spiro atoms. The van der Waals surface area contributed by atoms with Gasteiger partial charge in [-0.05, 0) is 60.2 Å². The average molecular weight is 521 g/mol. The van der Waals surface area contributed by atoms with Crippen LogP contribution < -0.4 is 51.4 Å². The predicted molar refractivity (Wildman–Crippen MR) is 132 cm³/mol. The van der Waals surface area contributed by atoms with Crippen LogP contribution in [-0.2, 0) is 15.2 Å². The number of ketones is 1. The first-order valence-electron chi connectivity index (χ1n) is 13.1. The van der Waals surface area contributed by atoms with Crippen molar-refractivity contribution in [1.82, 2.24) is 0 Å². The molecule has 4 aliphatic carbocycles. The van der Waals surface area contributed by atoms with Crippen LogP contribution in [0.15, 0.2) is 11.1 Å². The van der Waals surface area contributed by atoms with Crippen molar-refractivity contribution >= 4 is 16.2 Å². The number of fused-ring (bicyclic) bond motifs is 4. The van der Waals surface area contributed by atoms with E-state index in [0.29, 0.717) is 29.0 Å². The molecule has 0 radical (unpaired) electrons. The third kappa shape index (κ3) is 6.86. The Kier molecular flexibility index (Phi) is 11.2. The second kappa shape index (κ2) is 12.2. The molecule has 0 aliphatic heterocycles. The first kappa shape index (κ1) is 31.1. The Bertz CT molecular complexity index is 858. The largest absolute Gasteiger partial charge is 1.00 e. The van der Waals surface area contributed by atoms with Crippen LogP contribution in [0, 0.1) is 46.8 Å². The van der Waals surface area contributed by atoms with E-state index in [4.69, 9.17) is 17.5 Å². The van der Waals surface area contributed by atoms with Crippen LogP contribution in [0.3, 0.4) is 0 Å². The van der Waals surface area contributed by atoms with Crippen LogP contribution in [0.25, 0.3) is 0 Å². The summed E-state index contributed by atoms with van der Waals surface area (Å²) in [7, 11) is -4.67. The summed E-state index contributed by atoms with van der Waals surface area (Å²) in [5.74, 6) is 4.15. The van der Waals surface area contributed by atoms with Gasteiger partial charge in [-0.1, -0.05) is 71.8 Å². The Hall–Kier alpha value is 0.916. The van der Waals surface area contributed by atoms with Gasteiger partial charge in [-0.2, -0.15) is 21.3 Å². The van der Waals surface area contributed by atoms with Gasteiger partial charge >= 0.3 is 61.8 Å². The summed E-state index contributed by atoms with van der Waals surface area (Å²) in [5, 5.41) is 0. The van der Waals surface area contributed by atoms with E-state index < -0.39 is 10.4 Å². The van der Waals surface area contributed by atoms with Crippen LogP contribution in [-0.4, -0.2) is 23.3 Å². The maximum atomic E-state index is 13.4. The van der Waals surface area contributed by atoms with Crippen LogP contribution in [0.5, 0.6) is 0 Å². The van der Waals surface area contributed by atoms with Crippen molar-refractivity contribution in [2.45, 2.75) is 105 Å². The van der Waals surface area contributed by atoms with Crippen LogP contribution in [0.2, 0.25) is 0 Å². The van der Waals surface area contributed by atoms with E-state index in [-0.39, 0.29) is 56.8 Å². The topological polar surface area (TPSA) is 91.7 Å². The minimum Gasteiger partial charge on any atom is -0.328 e. The van der Waals surface area contributed by atoms with Crippen LogP contribution >= 0.6 is 0 Å². The Morgan fingerprint density at radius 1 is 1.09 bits per heavy atom. The fourth-order valence-electron chi connectivity index (χ4n) is 8.03. The standard InChI is InChI=1S/C27H43O.K.H2O4S/c1-18(2)9-8-10-19(3)23-17-24(28)25-21-13-12-20-11-6-7-15-26(20,4)22(21)14-16-27(23,25)5;;1-5(2,3)4/h6,18-20,22-23H,7-17H2,1-5H3;;(H2,1,2,3,4)/q-1;+1;/t19-,20-,22+,23-,26+,27-;;/m1../s1. The van der Waals surface area contributed by atoms with Gasteiger partial charge in [0.1, 0.15) is 0 Å². The summed E-state index contributed by atoms with van der Waals surface area (Å²) < 4.78 is 31.6. The molecule has 2 N–H and O–H groups in total. The van der Waals surface area contributed by atoms with Crippen molar-refractivity contribution < 1.29 is 73.7 Å². The monoisotopic (exact) mass is 520 g/mol. The minimum atomic E-state index is -4.67. The summed E-state index contributed by atoms with van der Waals surface area (Å²) >= 11 is 0. The number of Topliss-reactive ketones (excluding diaryl/α,β-unsaturated/α-hetero) is 1. The normalized spacial score (nSPS) is 36.0. The molecule has 3 fully saturated rings. The first-order chi connectivity index (χ1) is 15.3. The quantitative estimate of drug-likeness (QED) is 0.326. The Morgan fingerprint density at radius 3 is 2.35 bits per heavy atom. The number of allylic oxidation sites excluding steroid dienone is 2. The molecule has 0 unspecified atom stereocenters. The van der Waals surface area contributed by atoms with E-state index in [1.54, 1.807) is 5.57 Å². The third-order valence-corrected chi connectivity index (χ3v) is 9.72. The molecular formula is C27H45KO5S. The molecule has 4 aliphatic rings. The minimum absolute atomic E-state index is 0. The summed E-state index contributed by atoms with van der Waals surface area (Å²) in [6.45, 7) is 12.1. The molecule has 3 saturated carbocycles. The second-order valence-corrected chi connectivity index (χ2v) is 13.1. The van der Waals surface area contributed by atoms with Crippen molar-refractivity contribution in [3.8, 4) is 0 Å². The number of carbonyl (C=O) groups is 1. The van der Waals surface area contributed by atoms with Gasteiger partial charge in [-0.25, -0.2) is 0 Å². The van der Waals surface area contributed by atoms with E-state index in [9.17, 15) is 4.79 Å². The van der Waals surface area contributed by atoms with Crippen molar-refractivity contribution in [1.29, 1.82) is 0 Å². The zero-order chi connectivity index (χ0) is 24.6. The van der Waals surface area contributed by atoms with E-state index in [1.165, 1.54) is 69.8 Å². The average Bonchev–Trinajstić information content (AvgIpc) is 2.97. The Labute approximate surface area is 250 Å². The van der Waals surface area contributed by atoms with E-state index in [1.807, 2.05) is 0 Å². The summed E-state index contributed by atoms with van der Waals surface area (Å²) in [5.41, 5.74) is 3.61. The van der Waals surface area contributed by atoms with Gasteiger partial charge in [0.05, 0.1) is 0 Å². The fourth-order valence-corrected chi connectivity index (χ4v) is 8.03. The molecule has 0 bridgehead atoms. The fraction of sp³-hybridized carbons (Fsp3) is 0.852. The number of hydrogen-bond donors (Lipinski definition) is 2. The molecule has 34 heavy (non-hydrogen) atoms. The molecule has 0 heterocycles. The maximum Gasteiger partial charge on any atom is 1.00 e. The smallest absolute Gasteiger partial charge is 0.328 e. The van der Waals surface area contributed by atoms with E-state index in [0.717, 1.165) is 18.3 Å².